The van der Waals surface area contributed by atoms with Gasteiger partial charge in [-0.1, -0.05) is 6.07 Å². The van der Waals surface area contributed by atoms with Crippen LogP contribution in [0, 0.1) is 5.92 Å². The maximum atomic E-state index is 12.3. The number of aromatic carboxylic acids is 1. The number of primary amides is 1. The summed E-state index contributed by atoms with van der Waals surface area (Å²) < 4.78 is 0. The maximum absolute atomic E-state index is 12.3. The number of carbonyl (C=O) groups excluding carboxylic acids is 2. The molecule has 2 heterocycles. The van der Waals surface area contributed by atoms with E-state index in [2.05, 4.69) is 4.98 Å². The minimum Gasteiger partial charge on any atom is -0.477 e. The van der Waals surface area contributed by atoms with E-state index in [4.69, 9.17) is 10.8 Å². The Bertz CT molecular complexity index is 565. The fourth-order valence-electron chi connectivity index (χ4n) is 2.46. The molecule has 7 nitrogen and oxygen atoms in total. The van der Waals surface area contributed by atoms with Gasteiger partial charge in [0.1, 0.15) is 11.4 Å². The van der Waals surface area contributed by atoms with Gasteiger partial charge in [0.15, 0.2) is 0 Å². The van der Waals surface area contributed by atoms with Crippen LogP contribution in [-0.4, -0.2) is 45.9 Å². The van der Waals surface area contributed by atoms with E-state index in [1.165, 1.54) is 18.2 Å². The van der Waals surface area contributed by atoms with Gasteiger partial charge in [-0.2, -0.15) is 0 Å². The van der Waals surface area contributed by atoms with E-state index in [1.54, 1.807) is 4.90 Å². The molecule has 2 amide bonds. The summed E-state index contributed by atoms with van der Waals surface area (Å²) in [6.45, 7) is 1.05. The highest BCUT2D eigenvalue weighted by molar-refractivity contribution is 5.94. The second kappa shape index (κ2) is 6.34. The van der Waals surface area contributed by atoms with Crippen LogP contribution in [-0.2, 0) is 4.79 Å². The predicted molar refractivity (Wildman–Crippen MR) is 73.6 cm³/mol. The van der Waals surface area contributed by atoms with E-state index in [1.807, 2.05) is 0 Å². The number of carboxylic acid groups (broad SMARTS) is 1. The molecule has 0 atom stereocenters. The van der Waals surface area contributed by atoms with Gasteiger partial charge < -0.3 is 15.7 Å². The molecule has 1 saturated heterocycles. The quantitative estimate of drug-likeness (QED) is 0.839. The first-order valence-corrected chi connectivity index (χ1v) is 6.75. The highest BCUT2D eigenvalue weighted by Crippen LogP contribution is 2.21. The van der Waals surface area contributed by atoms with E-state index < -0.39 is 5.97 Å². The molecular formula is C14H17N3O4. The van der Waals surface area contributed by atoms with Crippen molar-refractivity contribution in [3.8, 4) is 0 Å². The zero-order valence-corrected chi connectivity index (χ0v) is 11.5. The third-order valence-electron chi connectivity index (χ3n) is 3.58. The molecule has 2 rings (SSSR count). The lowest BCUT2D eigenvalue weighted by atomic mass is 9.93. The van der Waals surface area contributed by atoms with Crippen molar-refractivity contribution in [1.29, 1.82) is 0 Å². The number of carboxylic acids is 1. The second-order valence-corrected chi connectivity index (χ2v) is 5.12. The van der Waals surface area contributed by atoms with E-state index in [0.29, 0.717) is 32.4 Å². The second-order valence-electron chi connectivity index (χ2n) is 5.12. The van der Waals surface area contributed by atoms with Crippen molar-refractivity contribution < 1.29 is 19.5 Å². The third kappa shape index (κ3) is 3.77. The number of pyridine rings is 1. The number of piperidine rings is 1. The highest BCUT2D eigenvalue weighted by Gasteiger charge is 2.25. The van der Waals surface area contributed by atoms with Crippen LogP contribution in [0.3, 0.4) is 0 Å². The molecule has 1 aromatic rings. The van der Waals surface area contributed by atoms with Crippen LogP contribution >= 0.6 is 0 Å². The van der Waals surface area contributed by atoms with E-state index in [-0.39, 0.29) is 29.1 Å². The molecule has 1 aliphatic rings. The molecule has 0 aliphatic carbocycles. The summed E-state index contributed by atoms with van der Waals surface area (Å²) in [7, 11) is 0. The van der Waals surface area contributed by atoms with Crippen LogP contribution in [0.4, 0.5) is 0 Å². The number of aromatic nitrogens is 1. The summed E-state index contributed by atoms with van der Waals surface area (Å²) in [4.78, 5) is 39.5. The lowest BCUT2D eigenvalue weighted by Crippen LogP contribution is -2.39. The van der Waals surface area contributed by atoms with Gasteiger partial charge in [-0.25, -0.2) is 9.78 Å². The Labute approximate surface area is 121 Å². The van der Waals surface area contributed by atoms with Crippen LogP contribution in [0.5, 0.6) is 0 Å². The number of rotatable bonds is 4. The molecule has 7 heteroatoms. The molecule has 0 saturated carbocycles. The smallest absolute Gasteiger partial charge is 0.354 e. The van der Waals surface area contributed by atoms with Crippen molar-refractivity contribution in [2.75, 3.05) is 13.1 Å². The van der Waals surface area contributed by atoms with Crippen LogP contribution < -0.4 is 5.73 Å². The van der Waals surface area contributed by atoms with E-state index in [0.717, 1.165) is 0 Å². The molecule has 0 bridgehead atoms. The lowest BCUT2D eigenvalue weighted by molar-refractivity contribution is -0.119. The largest absolute Gasteiger partial charge is 0.477 e. The van der Waals surface area contributed by atoms with Crippen LogP contribution in [0.15, 0.2) is 18.2 Å². The fourth-order valence-corrected chi connectivity index (χ4v) is 2.46. The van der Waals surface area contributed by atoms with Crippen LogP contribution in [0.1, 0.15) is 40.2 Å². The Hall–Kier alpha value is -2.44. The molecule has 21 heavy (non-hydrogen) atoms. The molecule has 1 aliphatic heterocycles. The Kier molecular flexibility index (Phi) is 4.52. The number of hydrogen-bond acceptors (Lipinski definition) is 4. The monoisotopic (exact) mass is 291 g/mol. The summed E-state index contributed by atoms with van der Waals surface area (Å²) >= 11 is 0. The van der Waals surface area contributed by atoms with Crippen molar-refractivity contribution in [2.24, 2.45) is 11.7 Å². The van der Waals surface area contributed by atoms with Gasteiger partial charge in [-0.15, -0.1) is 0 Å². The summed E-state index contributed by atoms with van der Waals surface area (Å²) in [5, 5.41) is 8.89. The molecule has 0 spiro atoms. The Morgan fingerprint density at radius 1 is 1.24 bits per heavy atom. The van der Waals surface area contributed by atoms with Crippen molar-refractivity contribution in [3.05, 3.63) is 29.6 Å². The number of carbonyl (C=O) groups is 3. The molecule has 1 aromatic heterocycles. The summed E-state index contributed by atoms with van der Waals surface area (Å²) in [5.74, 6) is -1.55. The first-order valence-electron chi connectivity index (χ1n) is 6.75. The molecule has 0 unspecified atom stereocenters. The van der Waals surface area contributed by atoms with Gasteiger partial charge in [-0.05, 0) is 30.9 Å². The molecular weight excluding hydrogens is 274 g/mol. The lowest BCUT2D eigenvalue weighted by Gasteiger charge is -2.31. The van der Waals surface area contributed by atoms with Gasteiger partial charge >= 0.3 is 5.97 Å². The molecule has 112 valence electrons. The van der Waals surface area contributed by atoms with Crippen molar-refractivity contribution >= 4 is 17.8 Å². The van der Waals surface area contributed by atoms with Gasteiger partial charge in [0.25, 0.3) is 5.91 Å². The predicted octanol–water partition coefficient (Wildman–Crippen LogP) is 0.507. The number of nitrogens with two attached hydrogens (primary N) is 1. The minimum absolute atomic E-state index is 0.128. The summed E-state index contributed by atoms with van der Waals surface area (Å²) in [6.07, 6.45) is 1.77. The normalized spacial score (nSPS) is 15.7. The number of nitrogens with zero attached hydrogens (tertiary/aromatic N) is 2. The van der Waals surface area contributed by atoms with Crippen molar-refractivity contribution in [3.63, 3.8) is 0 Å². The van der Waals surface area contributed by atoms with Crippen molar-refractivity contribution in [2.45, 2.75) is 19.3 Å². The van der Waals surface area contributed by atoms with E-state index in [9.17, 15) is 14.4 Å². The van der Waals surface area contributed by atoms with Crippen LogP contribution in [0.2, 0.25) is 0 Å². The molecule has 3 N–H and O–H groups in total. The Balaban J connectivity index is 2.00. The average Bonchev–Trinajstić information content (AvgIpc) is 2.47. The SMILES string of the molecule is NC(=O)CC1CCN(C(=O)c2cccc(C(=O)O)n2)CC1. The number of likely N-dealkylation sites (tertiary alicyclic amines) is 1. The summed E-state index contributed by atoms with van der Waals surface area (Å²) in [5.41, 5.74) is 5.15. The maximum Gasteiger partial charge on any atom is 0.354 e. The molecule has 1 fully saturated rings. The van der Waals surface area contributed by atoms with Crippen LogP contribution in [0.25, 0.3) is 0 Å². The zero-order chi connectivity index (χ0) is 15.4. The number of hydrogen-bond donors (Lipinski definition) is 2. The van der Waals surface area contributed by atoms with E-state index >= 15 is 0 Å². The Morgan fingerprint density at radius 2 is 1.86 bits per heavy atom. The van der Waals surface area contributed by atoms with Gasteiger partial charge in [0, 0.05) is 19.5 Å². The fraction of sp³-hybridized carbons (Fsp3) is 0.429. The summed E-state index contributed by atoms with van der Waals surface area (Å²) in [6, 6.07) is 4.35. The van der Waals surface area contributed by atoms with Gasteiger partial charge in [0.2, 0.25) is 5.91 Å². The van der Waals surface area contributed by atoms with Gasteiger partial charge in [0.05, 0.1) is 0 Å². The Morgan fingerprint density at radius 3 is 2.43 bits per heavy atom. The highest BCUT2D eigenvalue weighted by atomic mass is 16.4. The molecule has 0 radical (unpaired) electrons. The first-order chi connectivity index (χ1) is 9.97. The average molecular weight is 291 g/mol. The topological polar surface area (TPSA) is 114 Å². The third-order valence-corrected chi connectivity index (χ3v) is 3.58. The minimum atomic E-state index is -1.16. The van der Waals surface area contributed by atoms with Gasteiger partial charge in [-0.3, -0.25) is 9.59 Å². The molecule has 0 aromatic carbocycles. The van der Waals surface area contributed by atoms with Crippen molar-refractivity contribution in [1.82, 2.24) is 9.88 Å². The first kappa shape index (κ1) is 15.0. The number of amides is 2. The standard InChI is InChI=1S/C14H17N3O4/c15-12(18)8-9-4-6-17(7-5-9)13(19)10-2-1-3-11(16-10)14(20)21/h1-3,9H,4-8H2,(H2,15,18)(H,20,21). The zero-order valence-electron chi connectivity index (χ0n) is 11.5.